The highest BCUT2D eigenvalue weighted by Gasteiger charge is 2.21. The molecule has 0 saturated carbocycles. The highest BCUT2D eigenvalue weighted by atomic mass is 16.7. The quantitative estimate of drug-likeness (QED) is 0.0473. The number of rotatable bonds is 11. The minimum atomic E-state index is -0.487. The largest absolute Gasteiger partial charge is 0.365 e. The van der Waals surface area contributed by atoms with Gasteiger partial charge in [0.1, 0.15) is 0 Å². The Bertz CT molecular complexity index is 2090. The molecule has 0 amide bonds. The van der Waals surface area contributed by atoms with Gasteiger partial charge in [0.05, 0.1) is 28.2 Å². The van der Waals surface area contributed by atoms with Crippen LogP contribution in [0, 0.1) is 0 Å². The first-order valence-electron chi connectivity index (χ1n) is 16.1. The number of carbonyl (C=O) groups excluding carboxylic acids is 2. The summed E-state index contributed by atoms with van der Waals surface area (Å²) in [7, 11) is 0. The molecule has 6 aromatic rings. The molecule has 6 rings (SSSR count). The van der Waals surface area contributed by atoms with Crippen LogP contribution in [0.1, 0.15) is 74.4 Å². The smallest absolute Gasteiger partial charge is 0.318 e. The van der Waals surface area contributed by atoms with Crippen LogP contribution in [0.3, 0.4) is 0 Å². The summed E-state index contributed by atoms with van der Waals surface area (Å²) in [4.78, 5) is 35.2. The van der Waals surface area contributed by atoms with E-state index in [2.05, 4.69) is 64.4 Å². The van der Waals surface area contributed by atoms with Crippen LogP contribution in [0.5, 0.6) is 0 Å². The van der Waals surface area contributed by atoms with Gasteiger partial charge < -0.3 is 14.2 Å². The van der Waals surface area contributed by atoms with Crippen molar-refractivity contribution in [1.82, 2.24) is 4.57 Å². The lowest BCUT2D eigenvalue weighted by atomic mass is 9.92. The highest BCUT2D eigenvalue weighted by molar-refractivity contribution is 6.24. The van der Waals surface area contributed by atoms with Gasteiger partial charge in [-0.3, -0.25) is 0 Å². The van der Waals surface area contributed by atoms with Gasteiger partial charge in [-0.15, -0.1) is 0 Å². The zero-order valence-corrected chi connectivity index (χ0v) is 26.9. The number of aromatic nitrogens is 1. The van der Waals surface area contributed by atoms with Gasteiger partial charge in [0.25, 0.3) is 0 Å². The molecule has 0 N–H and O–H groups in total. The maximum atomic E-state index is 12.9. The molecular formula is C40H37N3O4. The third kappa shape index (κ3) is 6.56. The third-order valence-electron chi connectivity index (χ3n) is 8.36. The van der Waals surface area contributed by atoms with Gasteiger partial charge in [-0.1, -0.05) is 121 Å². The molecule has 236 valence electrons. The van der Waals surface area contributed by atoms with E-state index < -0.39 is 11.9 Å². The van der Waals surface area contributed by atoms with Crippen LogP contribution < -0.4 is 0 Å². The van der Waals surface area contributed by atoms with Crippen LogP contribution in [-0.4, -0.2) is 27.9 Å². The lowest BCUT2D eigenvalue weighted by Gasteiger charge is -2.18. The maximum absolute atomic E-state index is 12.9. The van der Waals surface area contributed by atoms with Crippen LogP contribution >= 0.6 is 0 Å². The molecule has 0 spiro atoms. The van der Waals surface area contributed by atoms with Crippen molar-refractivity contribution in [3.63, 3.8) is 0 Å². The number of hydrogen-bond acceptors (Lipinski definition) is 6. The molecule has 0 fully saturated rings. The number of fused-ring (bicyclic) bond motifs is 3. The summed E-state index contributed by atoms with van der Waals surface area (Å²) in [5, 5.41) is 13.7. The summed E-state index contributed by atoms with van der Waals surface area (Å²) >= 11 is 0. The molecule has 0 bridgehead atoms. The molecule has 47 heavy (non-hydrogen) atoms. The van der Waals surface area contributed by atoms with Gasteiger partial charge in [-0.2, -0.15) is 0 Å². The van der Waals surface area contributed by atoms with Crippen LogP contribution in [0.2, 0.25) is 0 Å². The molecule has 0 aliphatic rings. The van der Waals surface area contributed by atoms with Crippen LogP contribution in [0.4, 0.5) is 0 Å². The topological polar surface area (TPSA) is 82.2 Å². The monoisotopic (exact) mass is 623 g/mol. The van der Waals surface area contributed by atoms with Crippen molar-refractivity contribution in [3.05, 3.63) is 126 Å². The third-order valence-corrected chi connectivity index (χ3v) is 8.36. The molecule has 0 atom stereocenters. The summed E-state index contributed by atoms with van der Waals surface area (Å²) in [6, 6.07) is 33.6. The Labute approximate surface area is 274 Å². The average molecular weight is 624 g/mol. The van der Waals surface area contributed by atoms with E-state index in [9.17, 15) is 9.59 Å². The fourth-order valence-electron chi connectivity index (χ4n) is 6.20. The van der Waals surface area contributed by atoms with Gasteiger partial charge in [-0.05, 0) is 48.7 Å². The lowest BCUT2D eigenvalue weighted by Crippen LogP contribution is -2.07. The molecule has 1 aromatic heterocycles. The molecule has 1 heterocycles. The van der Waals surface area contributed by atoms with Crippen molar-refractivity contribution in [3.8, 4) is 5.69 Å². The van der Waals surface area contributed by atoms with E-state index >= 15 is 0 Å². The van der Waals surface area contributed by atoms with Crippen molar-refractivity contribution in [1.29, 1.82) is 0 Å². The van der Waals surface area contributed by atoms with E-state index in [4.69, 9.17) is 9.68 Å². The predicted octanol–water partition coefficient (Wildman–Crippen LogP) is 9.76. The van der Waals surface area contributed by atoms with Crippen molar-refractivity contribution in [2.45, 2.75) is 52.9 Å². The summed E-state index contributed by atoms with van der Waals surface area (Å²) in [6.45, 7) is 5.39. The zero-order valence-electron chi connectivity index (χ0n) is 26.9. The van der Waals surface area contributed by atoms with Crippen molar-refractivity contribution >= 4 is 55.8 Å². The minimum absolute atomic E-state index is 0.453. The first kappa shape index (κ1) is 31.4. The molecule has 0 saturated heterocycles. The summed E-state index contributed by atoms with van der Waals surface area (Å²) in [5.74, 6) is -0.957. The summed E-state index contributed by atoms with van der Waals surface area (Å²) in [6.07, 6.45) is 7.03. The fraction of sp³-hybridized carbons (Fsp3) is 0.200. The second-order valence-corrected chi connectivity index (χ2v) is 11.6. The SMILES string of the molecule is CCCCCC/C(=N\OC(=O)c1ccccc1)c1cn(-c2c3ccccc3c(/C(C)=N/OC(C)=O)c3ccccc23)c2ccccc12. The number of para-hydroxylation sites is 1. The molecule has 0 aliphatic carbocycles. The molecule has 7 nitrogen and oxygen atoms in total. The van der Waals surface area contributed by atoms with E-state index in [1.807, 2.05) is 61.5 Å². The Morgan fingerprint density at radius 3 is 1.89 bits per heavy atom. The summed E-state index contributed by atoms with van der Waals surface area (Å²) in [5.41, 5.74) is 5.64. The Kier molecular flexibility index (Phi) is 9.53. The number of nitrogens with zero attached hydrogens (tertiary/aromatic N) is 3. The van der Waals surface area contributed by atoms with Gasteiger partial charge >= 0.3 is 11.9 Å². The highest BCUT2D eigenvalue weighted by Crippen LogP contribution is 2.38. The Morgan fingerprint density at radius 2 is 1.26 bits per heavy atom. The molecule has 0 unspecified atom stereocenters. The van der Waals surface area contributed by atoms with E-state index in [1.165, 1.54) is 6.92 Å². The van der Waals surface area contributed by atoms with Crippen molar-refractivity contribution in [2.75, 3.05) is 0 Å². The number of oxime groups is 2. The maximum Gasteiger partial charge on any atom is 0.365 e. The van der Waals surface area contributed by atoms with Crippen molar-refractivity contribution in [2.24, 2.45) is 10.3 Å². The molecule has 0 aliphatic heterocycles. The normalized spacial score (nSPS) is 12.1. The number of unbranched alkanes of at least 4 members (excludes halogenated alkanes) is 3. The average Bonchev–Trinajstić information content (AvgIpc) is 3.48. The van der Waals surface area contributed by atoms with Crippen LogP contribution in [-0.2, 0) is 14.5 Å². The second kappa shape index (κ2) is 14.3. The predicted molar refractivity (Wildman–Crippen MR) is 189 cm³/mol. The van der Waals surface area contributed by atoms with Crippen LogP contribution in [0.15, 0.2) is 120 Å². The first-order valence-corrected chi connectivity index (χ1v) is 16.1. The molecule has 0 radical (unpaired) electrons. The number of benzene rings is 5. The van der Waals surface area contributed by atoms with Crippen molar-refractivity contribution < 1.29 is 19.3 Å². The van der Waals surface area contributed by atoms with E-state index in [0.717, 1.165) is 80.7 Å². The molecular weight excluding hydrogens is 586 g/mol. The zero-order chi connectivity index (χ0) is 32.8. The number of hydrogen-bond donors (Lipinski definition) is 0. The Morgan fingerprint density at radius 1 is 0.660 bits per heavy atom. The standard InChI is InChI=1S/C40H37N3O4/c1-4-5-6-10-24-36(42-47-40(45)29-17-8-7-9-18-29)35-26-43(37-25-16-15-19-30(35)37)39-33-22-13-11-20-31(33)38(27(2)41-46-28(3)44)32-21-12-14-23-34(32)39/h7-9,11-23,25-26H,4-6,10,24H2,1-3H3/b41-27+,42-36+. The van der Waals surface area contributed by atoms with Gasteiger partial charge in [0.2, 0.25) is 0 Å². The van der Waals surface area contributed by atoms with E-state index in [1.54, 1.807) is 12.1 Å². The Hall–Kier alpha value is -5.56. The van der Waals surface area contributed by atoms with E-state index in [0.29, 0.717) is 17.7 Å². The minimum Gasteiger partial charge on any atom is -0.318 e. The summed E-state index contributed by atoms with van der Waals surface area (Å²) < 4.78 is 2.22. The van der Waals surface area contributed by atoms with Crippen LogP contribution in [0.25, 0.3) is 38.1 Å². The lowest BCUT2D eigenvalue weighted by molar-refractivity contribution is -0.140. The van der Waals surface area contributed by atoms with E-state index in [-0.39, 0.29) is 0 Å². The second-order valence-electron chi connectivity index (χ2n) is 11.6. The number of carbonyl (C=O) groups is 2. The molecule has 5 aromatic carbocycles. The molecule has 7 heteroatoms. The van der Waals surface area contributed by atoms with Gasteiger partial charge in [0, 0.05) is 40.4 Å². The fourth-order valence-corrected chi connectivity index (χ4v) is 6.20. The first-order chi connectivity index (χ1) is 23.0. The van der Waals surface area contributed by atoms with Gasteiger partial charge in [-0.25, -0.2) is 9.59 Å². The Balaban J connectivity index is 1.56. The van der Waals surface area contributed by atoms with Gasteiger partial charge in [0.15, 0.2) is 0 Å².